The molecule has 0 saturated heterocycles. The van der Waals surface area contributed by atoms with Gasteiger partial charge >= 0.3 is 0 Å². The molecule has 134 valence electrons. The number of hydrogen-bond acceptors (Lipinski definition) is 4. The average Bonchev–Trinajstić information content (AvgIpc) is 2.99. The molecule has 1 unspecified atom stereocenters. The van der Waals surface area contributed by atoms with E-state index in [1.807, 2.05) is 0 Å². The van der Waals surface area contributed by atoms with Gasteiger partial charge in [-0.15, -0.1) is 0 Å². The van der Waals surface area contributed by atoms with Gasteiger partial charge in [0.2, 0.25) is 0 Å². The van der Waals surface area contributed by atoms with Crippen LogP contribution < -0.4 is 0 Å². The maximum Gasteiger partial charge on any atom is 0.200 e. The van der Waals surface area contributed by atoms with Crippen LogP contribution in [0.15, 0.2) is 58.5 Å². The van der Waals surface area contributed by atoms with Crippen LogP contribution in [0.4, 0.5) is 0 Å². The molecule has 0 spiro atoms. The number of rotatable bonds is 2. The molecule has 0 N–H and O–H groups in total. The van der Waals surface area contributed by atoms with E-state index in [9.17, 15) is 0 Å². The molecule has 0 amide bonds. The minimum atomic E-state index is -0.196. The first-order valence-corrected chi connectivity index (χ1v) is 9.97. The van der Waals surface area contributed by atoms with Gasteiger partial charge in [-0.25, -0.2) is 9.98 Å². The van der Waals surface area contributed by atoms with Gasteiger partial charge in [-0.1, -0.05) is 48.5 Å². The van der Waals surface area contributed by atoms with Gasteiger partial charge < -0.3 is 9.47 Å². The Morgan fingerprint density at radius 2 is 1.19 bits per heavy atom. The molecule has 2 aliphatic heterocycles. The lowest BCUT2D eigenvalue weighted by atomic mass is 10.1. The summed E-state index contributed by atoms with van der Waals surface area (Å²) in [6.45, 7) is 0. The molecule has 0 radical (unpaired) electrons. The maximum atomic E-state index is 6.39. The van der Waals surface area contributed by atoms with Crippen LogP contribution in [0.1, 0.15) is 47.2 Å². The van der Waals surface area contributed by atoms with Crippen molar-refractivity contribution in [3.63, 3.8) is 0 Å². The zero-order valence-corrected chi connectivity index (χ0v) is 15.0. The summed E-state index contributed by atoms with van der Waals surface area (Å²) in [7, 11) is 0. The predicted octanol–water partition coefficient (Wildman–Crippen LogP) is 3.96. The number of ether oxygens (including phenoxy) is 2. The van der Waals surface area contributed by atoms with E-state index in [4.69, 9.17) is 19.5 Å². The topological polar surface area (TPSA) is 43.2 Å². The van der Waals surface area contributed by atoms with E-state index in [2.05, 4.69) is 48.5 Å². The smallest absolute Gasteiger partial charge is 0.200 e. The van der Waals surface area contributed by atoms with Crippen LogP contribution in [0.25, 0.3) is 0 Å². The normalized spacial score (nSPS) is 33.2. The van der Waals surface area contributed by atoms with E-state index >= 15 is 0 Å². The van der Waals surface area contributed by atoms with Crippen molar-refractivity contribution in [2.24, 2.45) is 15.4 Å². The Balaban J connectivity index is 1.23. The summed E-state index contributed by atoms with van der Waals surface area (Å²) in [6, 6.07) is 17.5. The van der Waals surface area contributed by atoms with Crippen LogP contribution in [0.5, 0.6) is 0 Å². The van der Waals surface area contributed by atoms with Crippen molar-refractivity contribution in [2.75, 3.05) is 0 Å². The molecule has 2 heterocycles. The first kappa shape index (κ1) is 14.4. The Morgan fingerprint density at radius 1 is 0.704 bits per heavy atom. The summed E-state index contributed by atoms with van der Waals surface area (Å²) in [6.07, 6.45) is 4.28. The molecule has 1 saturated carbocycles. The number of aliphatic imine (C=N–C) groups is 2. The van der Waals surface area contributed by atoms with E-state index in [1.165, 1.54) is 22.3 Å². The van der Waals surface area contributed by atoms with Crippen molar-refractivity contribution in [1.29, 1.82) is 0 Å². The molecule has 0 bridgehead atoms. The summed E-state index contributed by atoms with van der Waals surface area (Å²) in [5.74, 6) is 1.75. The summed E-state index contributed by atoms with van der Waals surface area (Å²) < 4.78 is 12.8. The summed E-state index contributed by atoms with van der Waals surface area (Å²) >= 11 is 0. The third-order valence-electron chi connectivity index (χ3n) is 6.90. The van der Waals surface area contributed by atoms with Crippen LogP contribution in [0.3, 0.4) is 0 Å². The van der Waals surface area contributed by atoms with Crippen molar-refractivity contribution in [1.82, 2.24) is 0 Å². The first-order valence-electron chi connectivity index (χ1n) is 9.97. The van der Waals surface area contributed by atoms with Gasteiger partial charge in [-0.2, -0.15) is 0 Å². The van der Waals surface area contributed by atoms with Crippen molar-refractivity contribution in [3.8, 4) is 0 Å². The van der Waals surface area contributed by atoms with E-state index in [-0.39, 0.29) is 29.7 Å². The summed E-state index contributed by atoms with van der Waals surface area (Å²) in [5.41, 5.74) is 5.21. The van der Waals surface area contributed by atoms with Gasteiger partial charge in [0.05, 0.1) is 0 Å². The largest absolute Gasteiger partial charge is 0.474 e. The van der Waals surface area contributed by atoms with E-state index < -0.39 is 0 Å². The molecule has 4 nitrogen and oxygen atoms in total. The van der Waals surface area contributed by atoms with Crippen LogP contribution >= 0.6 is 0 Å². The SMILES string of the molecule is c1ccc2c(c1)C[C@H]1OC(C3(C4=N[C@H]5c6ccccc6C[C@H]5O4)CC3)=NC21. The molecule has 3 aliphatic carbocycles. The number of nitrogens with zero attached hydrogens (tertiary/aromatic N) is 2. The van der Waals surface area contributed by atoms with Crippen LogP contribution in [-0.4, -0.2) is 24.0 Å². The lowest BCUT2D eigenvalue weighted by Gasteiger charge is -2.18. The van der Waals surface area contributed by atoms with Gasteiger partial charge in [0.15, 0.2) is 11.8 Å². The van der Waals surface area contributed by atoms with E-state index in [0.29, 0.717) is 0 Å². The Hall–Kier alpha value is -2.62. The van der Waals surface area contributed by atoms with Crippen molar-refractivity contribution >= 4 is 11.8 Å². The van der Waals surface area contributed by atoms with Gasteiger partial charge in [0.25, 0.3) is 0 Å². The van der Waals surface area contributed by atoms with Gasteiger partial charge in [-0.05, 0) is 35.1 Å². The van der Waals surface area contributed by atoms with Gasteiger partial charge in [0, 0.05) is 12.8 Å². The highest BCUT2D eigenvalue weighted by atomic mass is 16.5. The highest BCUT2D eigenvalue weighted by molar-refractivity contribution is 6.09. The van der Waals surface area contributed by atoms with Crippen molar-refractivity contribution in [3.05, 3.63) is 70.8 Å². The lowest BCUT2D eigenvalue weighted by Crippen LogP contribution is -2.30. The highest BCUT2D eigenvalue weighted by Gasteiger charge is 2.61. The zero-order chi connectivity index (χ0) is 17.6. The average molecular weight is 356 g/mol. The second-order valence-corrected chi connectivity index (χ2v) is 8.46. The molecular formula is C23H20N2O2. The molecule has 7 rings (SSSR count). The fourth-order valence-corrected chi connectivity index (χ4v) is 5.31. The summed E-state index contributed by atoms with van der Waals surface area (Å²) in [5, 5.41) is 0. The Kier molecular flexibility index (Phi) is 2.57. The van der Waals surface area contributed by atoms with E-state index in [0.717, 1.165) is 37.5 Å². The molecule has 27 heavy (non-hydrogen) atoms. The minimum Gasteiger partial charge on any atom is -0.474 e. The summed E-state index contributed by atoms with van der Waals surface area (Å²) in [4.78, 5) is 10.1. The molecule has 5 aliphatic rings. The molecule has 2 aromatic rings. The van der Waals surface area contributed by atoms with Crippen LogP contribution in [0.2, 0.25) is 0 Å². The van der Waals surface area contributed by atoms with Crippen LogP contribution in [-0.2, 0) is 22.3 Å². The Labute approximate surface area is 157 Å². The third kappa shape index (κ3) is 1.83. The number of benzene rings is 2. The predicted molar refractivity (Wildman–Crippen MR) is 102 cm³/mol. The minimum absolute atomic E-state index is 0.149. The Bertz CT molecular complexity index is 957. The Morgan fingerprint density at radius 3 is 1.67 bits per heavy atom. The molecular weight excluding hydrogens is 336 g/mol. The fraction of sp³-hybridized carbons (Fsp3) is 0.391. The first-order chi connectivity index (χ1) is 13.3. The van der Waals surface area contributed by atoms with Gasteiger partial charge in [0.1, 0.15) is 29.7 Å². The quantitative estimate of drug-likeness (QED) is 0.818. The van der Waals surface area contributed by atoms with Gasteiger partial charge in [-0.3, -0.25) is 0 Å². The van der Waals surface area contributed by atoms with E-state index in [1.54, 1.807) is 0 Å². The zero-order valence-electron chi connectivity index (χ0n) is 15.0. The fourth-order valence-electron chi connectivity index (χ4n) is 5.31. The molecule has 2 aromatic carbocycles. The number of fused-ring (bicyclic) bond motifs is 6. The van der Waals surface area contributed by atoms with Crippen molar-refractivity contribution in [2.45, 2.75) is 50.0 Å². The monoisotopic (exact) mass is 356 g/mol. The van der Waals surface area contributed by atoms with Crippen LogP contribution in [0, 0.1) is 5.41 Å². The second kappa shape index (κ2) is 4.80. The third-order valence-corrected chi connectivity index (χ3v) is 6.90. The molecule has 4 atom stereocenters. The second-order valence-electron chi connectivity index (χ2n) is 8.46. The standard InChI is InChI=1S/C23H20N2O2/c1-3-7-15-13(5-1)11-17-19(15)24-21(26-17)23(9-10-23)22-25-20-16-8-4-2-6-14(16)12-18(20)27-22/h1-8,17-20H,9-12H2/t17-,18-,19+,20?/m1/s1. The van der Waals surface area contributed by atoms with Crippen molar-refractivity contribution < 1.29 is 9.47 Å². The lowest BCUT2D eigenvalue weighted by molar-refractivity contribution is 0.179. The molecule has 4 heteroatoms. The molecule has 1 fully saturated rings. The molecule has 0 aromatic heterocycles. The maximum absolute atomic E-state index is 6.39. The highest BCUT2D eigenvalue weighted by Crippen LogP contribution is 2.56. The number of hydrogen-bond donors (Lipinski definition) is 0.